The number of thiazole rings is 1. The number of benzene rings is 1. The minimum atomic E-state index is -0.0139. The highest BCUT2D eigenvalue weighted by molar-refractivity contribution is 7.13. The number of nitrogens with one attached hydrogen (secondary N) is 1. The predicted molar refractivity (Wildman–Crippen MR) is 113 cm³/mol. The van der Waals surface area contributed by atoms with Gasteiger partial charge in [0.2, 0.25) is 5.88 Å². The molecule has 0 aliphatic rings. The fourth-order valence-corrected chi connectivity index (χ4v) is 3.57. The molecule has 0 saturated heterocycles. The van der Waals surface area contributed by atoms with Crippen LogP contribution in [0.3, 0.4) is 0 Å². The number of aromatic nitrogens is 2. The molecule has 3 rings (SSSR count). The second-order valence-corrected chi connectivity index (χ2v) is 8.93. The maximum Gasteiger partial charge on any atom is 0.243 e. The van der Waals surface area contributed by atoms with Crippen molar-refractivity contribution in [3.8, 4) is 11.6 Å². The van der Waals surface area contributed by atoms with E-state index in [2.05, 4.69) is 61.3 Å². The van der Waals surface area contributed by atoms with Gasteiger partial charge in [0.1, 0.15) is 11.4 Å². The SMILES string of the molecule is CC(C)Cc1csc(Nc2cccnc2Oc2ccccc2C(C)(C)C)n1. The van der Waals surface area contributed by atoms with E-state index < -0.39 is 0 Å². The summed E-state index contributed by atoms with van der Waals surface area (Å²) in [7, 11) is 0. The van der Waals surface area contributed by atoms with Crippen LogP contribution < -0.4 is 10.1 Å². The van der Waals surface area contributed by atoms with Gasteiger partial charge in [-0.1, -0.05) is 52.8 Å². The molecule has 0 unspecified atom stereocenters. The molecular weight excluding hydrogens is 354 g/mol. The second-order valence-electron chi connectivity index (χ2n) is 8.07. The molecule has 0 spiro atoms. The first-order valence-electron chi connectivity index (χ1n) is 9.26. The standard InChI is InChI=1S/C22H27N3OS/c1-15(2)13-16-14-27-21(24-16)25-18-10-8-12-23-20(18)26-19-11-7-6-9-17(19)22(3,4)5/h6-12,14-15H,13H2,1-5H3,(H,24,25). The lowest BCUT2D eigenvalue weighted by molar-refractivity contribution is 0.442. The Bertz CT molecular complexity index is 896. The summed E-state index contributed by atoms with van der Waals surface area (Å²) in [5, 5.41) is 6.32. The van der Waals surface area contributed by atoms with E-state index in [0.29, 0.717) is 11.8 Å². The van der Waals surface area contributed by atoms with E-state index in [-0.39, 0.29) is 5.41 Å². The number of nitrogens with zero attached hydrogens (tertiary/aromatic N) is 2. The Morgan fingerprint density at radius 1 is 1.11 bits per heavy atom. The molecule has 0 aliphatic heterocycles. The van der Waals surface area contributed by atoms with Gasteiger partial charge in [-0.3, -0.25) is 0 Å². The van der Waals surface area contributed by atoms with Crippen molar-refractivity contribution in [2.45, 2.75) is 46.5 Å². The van der Waals surface area contributed by atoms with Gasteiger partial charge < -0.3 is 10.1 Å². The van der Waals surface area contributed by atoms with Crippen LogP contribution in [0.1, 0.15) is 45.9 Å². The third-order valence-electron chi connectivity index (χ3n) is 4.08. The van der Waals surface area contributed by atoms with Crippen molar-refractivity contribution in [2.24, 2.45) is 5.92 Å². The van der Waals surface area contributed by atoms with Crippen LogP contribution in [-0.2, 0) is 11.8 Å². The van der Waals surface area contributed by atoms with Gasteiger partial charge in [0.15, 0.2) is 5.13 Å². The van der Waals surface area contributed by atoms with Crippen LogP contribution in [0, 0.1) is 5.92 Å². The van der Waals surface area contributed by atoms with Crippen LogP contribution in [-0.4, -0.2) is 9.97 Å². The van der Waals surface area contributed by atoms with Crippen molar-refractivity contribution >= 4 is 22.2 Å². The minimum Gasteiger partial charge on any atom is -0.437 e. The summed E-state index contributed by atoms with van der Waals surface area (Å²) in [4.78, 5) is 9.12. The highest BCUT2D eigenvalue weighted by Crippen LogP contribution is 2.36. The second kappa shape index (κ2) is 8.09. The quantitative estimate of drug-likeness (QED) is 0.524. The van der Waals surface area contributed by atoms with Crippen LogP contribution in [0.5, 0.6) is 11.6 Å². The van der Waals surface area contributed by atoms with Gasteiger partial charge in [-0.2, -0.15) is 0 Å². The van der Waals surface area contributed by atoms with Crippen LogP contribution in [0.25, 0.3) is 0 Å². The predicted octanol–water partition coefficient (Wildman–Crippen LogP) is 6.57. The molecule has 0 atom stereocenters. The van der Waals surface area contributed by atoms with Crippen molar-refractivity contribution in [3.05, 3.63) is 59.2 Å². The summed E-state index contributed by atoms with van der Waals surface area (Å²) >= 11 is 1.60. The maximum atomic E-state index is 6.21. The summed E-state index contributed by atoms with van der Waals surface area (Å²) in [6.45, 7) is 10.9. The normalized spacial score (nSPS) is 11.6. The molecule has 142 valence electrons. The van der Waals surface area contributed by atoms with Gasteiger partial charge >= 0.3 is 0 Å². The Balaban J connectivity index is 1.84. The Hall–Kier alpha value is -2.40. The molecule has 1 aromatic carbocycles. The molecule has 0 saturated carbocycles. The van der Waals surface area contributed by atoms with E-state index in [1.54, 1.807) is 17.5 Å². The lowest BCUT2D eigenvalue weighted by atomic mass is 9.86. The zero-order chi connectivity index (χ0) is 19.4. The molecule has 0 radical (unpaired) electrons. The van der Waals surface area contributed by atoms with E-state index in [9.17, 15) is 0 Å². The summed E-state index contributed by atoms with van der Waals surface area (Å²) in [5.74, 6) is 1.97. The van der Waals surface area contributed by atoms with Crippen molar-refractivity contribution in [1.82, 2.24) is 9.97 Å². The fourth-order valence-electron chi connectivity index (χ4n) is 2.84. The molecule has 2 aromatic heterocycles. The molecule has 1 N–H and O–H groups in total. The topological polar surface area (TPSA) is 47.0 Å². The Labute approximate surface area is 165 Å². The van der Waals surface area contributed by atoms with E-state index >= 15 is 0 Å². The van der Waals surface area contributed by atoms with Crippen LogP contribution >= 0.6 is 11.3 Å². The number of rotatable bonds is 6. The number of ether oxygens (including phenoxy) is 1. The van der Waals surface area contributed by atoms with Gasteiger partial charge in [-0.25, -0.2) is 9.97 Å². The molecule has 27 heavy (non-hydrogen) atoms. The van der Waals surface area contributed by atoms with Crippen LogP contribution in [0.2, 0.25) is 0 Å². The first-order chi connectivity index (χ1) is 12.8. The molecule has 4 nitrogen and oxygen atoms in total. The minimum absolute atomic E-state index is 0.0139. The summed E-state index contributed by atoms with van der Waals surface area (Å²) < 4.78 is 6.21. The molecule has 0 aliphatic carbocycles. The third-order valence-corrected chi connectivity index (χ3v) is 4.89. The molecule has 2 heterocycles. The number of hydrogen-bond donors (Lipinski definition) is 1. The van der Waals surface area contributed by atoms with Crippen molar-refractivity contribution in [2.75, 3.05) is 5.32 Å². The van der Waals surface area contributed by atoms with Crippen molar-refractivity contribution in [1.29, 1.82) is 0 Å². The van der Waals surface area contributed by atoms with E-state index in [4.69, 9.17) is 4.74 Å². The third kappa shape index (κ3) is 5.07. The van der Waals surface area contributed by atoms with Gasteiger partial charge in [-0.15, -0.1) is 11.3 Å². The highest BCUT2D eigenvalue weighted by atomic mass is 32.1. The molecule has 0 amide bonds. The Kier molecular flexibility index (Phi) is 5.80. The summed E-state index contributed by atoms with van der Waals surface area (Å²) in [5.41, 5.74) is 3.06. The number of para-hydroxylation sites is 1. The monoisotopic (exact) mass is 381 g/mol. The lowest BCUT2D eigenvalue weighted by Gasteiger charge is -2.22. The number of pyridine rings is 1. The zero-order valence-corrected chi connectivity index (χ0v) is 17.4. The van der Waals surface area contributed by atoms with E-state index in [0.717, 1.165) is 34.2 Å². The highest BCUT2D eigenvalue weighted by Gasteiger charge is 2.20. The maximum absolute atomic E-state index is 6.21. The van der Waals surface area contributed by atoms with E-state index in [1.165, 1.54) is 0 Å². The Morgan fingerprint density at radius 3 is 2.63 bits per heavy atom. The van der Waals surface area contributed by atoms with Gasteiger partial charge in [0.25, 0.3) is 0 Å². The fraction of sp³-hybridized carbons (Fsp3) is 0.364. The first-order valence-corrected chi connectivity index (χ1v) is 10.1. The van der Waals surface area contributed by atoms with Gasteiger partial charge in [0, 0.05) is 17.1 Å². The Morgan fingerprint density at radius 2 is 1.89 bits per heavy atom. The van der Waals surface area contributed by atoms with Crippen LogP contribution in [0.15, 0.2) is 48.0 Å². The van der Waals surface area contributed by atoms with Gasteiger partial charge in [-0.05, 0) is 36.0 Å². The summed E-state index contributed by atoms with van der Waals surface area (Å²) in [6.07, 6.45) is 2.72. The molecular formula is C22H27N3OS. The number of hydrogen-bond acceptors (Lipinski definition) is 5. The van der Waals surface area contributed by atoms with Crippen molar-refractivity contribution < 1.29 is 4.74 Å². The lowest BCUT2D eigenvalue weighted by Crippen LogP contribution is -2.12. The molecule has 0 bridgehead atoms. The smallest absolute Gasteiger partial charge is 0.243 e. The average molecular weight is 382 g/mol. The molecule has 0 fully saturated rings. The first kappa shape index (κ1) is 19.4. The van der Waals surface area contributed by atoms with Gasteiger partial charge in [0.05, 0.1) is 5.69 Å². The van der Waals surface area contributed by atoms with E-state index in [1.807, 2.05) is 30.3 Å². The molecule has 5 heteroatoms. The number of anilines is 2. The van der Waals surface area contributed by atoms with Crippen molar-refractivity contribution in [3.63, 3.8) is 0 Å². The van der Waals surface area contributed by atoms with Crippen LogP contribution in [0.4, 0.5) is 10.8 Å². The molecule has 3 aromatic rings. The summed E-state index contributed by atoms with van der Waals surface area (Å²) in [6, 6.07) is 12.0. The largest absolute Gasteiger partial charge is 0.437 e. The average Bonchev–Trinajstić information content (AvgIpc) is 3.02. The zero-order valence-electron chi connectivity index (χ0n) is 16.6.